The number of aliphatic hydroxyl groups is 3. The summed E-state index contributed by atoms with van der Waals surface area (Å²) < 4.78 is 68.8. The fourth-order valence-electron chi connectivity index (χ4n) is 14.4. The van der Waals surface area contributed by atoms with E-state index >= 15 is 19.2 Å². The van der Waals surface area contributed by atoms with Gasteiger partial charge in [-0.05, 0) is 175 Å². The van der Waals surface area contributed by atoms with Crippen molar-refractivity contribution in [2.45, 2.75) is 283 Å². The Labute approximate surface area is 763 Å². The molecule has 1 fully saturated rings. The number of ketones is 2. The third-order valence-corrected chi connectivity index (χ3v) is 25.9. The first-order valence-electron chi connectivity index (χ1n) is 42.8. The number of thioether (sulfide) groups is 2. The Bertz CT molecular complexity index is 3400. The van der Waals surface area contributed by atoms with Crippen LogP contribution in [0.3, 0.4) is 0 Å². The first kappa shape index (κ1) is 117. The van der Waals surface area contributed by atoms with Crippen molar-refractivity contribution in [3.63, 3.8) is 0 Å². The molecule has 2 amide bonds. The predicted molar refractivity (Wildman–Crippen MR) is 492 cm³/mol. The molecule has 0 spiro atoms. The topological polar surface area (TPSA) is 407 Å². The van der Waals surface area contributed by atoms with Gasteiger partial charge in [0.05, 0.1) is 79.9 Å². The van der Waals surface area contributed by atoms with Crippen LogP contribution in [0.4, 0.5) is 4.79 Å². The molecule has 6 N–H and O–H groups in total. The molecule has 1 aliphatic rings. The first-order chi connectivity index (χ1) is 58.5. The van der Waals surface area contributed by atoms with E-state index in [1.54, 1.807) is 81.7 Å². The summed E-state index contributed by atoms with van der Waals surface area (Å²) >= 11 is 8.13. The molecule has 14 atom stereocenters. The lowest BCUT2D eigenvalue weighted by molar-refractivity contribution is -0.270. The minimum absolute atomic E-state index is 0.0182. The highest BCUT2D eigenvalue weighted by molar-refractivity contribution is 8.76. The minimum Gasteiger partial charge on any atom is -0.480 e. The molecule has 0 saturated carbocycles. The molecule has 38 heteroatoms. The number of nitrogens with zero attached hydrogens (tertiary/aromatic N) is 3. The van der Waals surface area contributed by atoms with Gasteiger partial charge in [-0.2, -0.15) is 0 Å². The number of thiocarbonyl (C=S) groups is 1. The van der Waals surface area contributed by atoms with Crippen LogP contribution in [0.25, 0.3) is 4.85 Å². The highest BCUT2D eigenvalue weighted by Crippen LogP contribution is 2.54. The minimum atomic E-state index is -1.96. The molecule has 0 aromatic carbocycles. The van der Waals surface area contributed by atoms with E-state index in [4.69, 9.17) is 75.6 Å². The number of methoxy groups -OCH3 is 1. The number of nitrogens with one attached hydrogen (secondary N) is 2. The molecule has 2 rings (SSSR count). The number of amides is 2. The Morgan fingerprint density at radius 3 is 1.73 bits per heavy atom. The number of unbranched alkanes of at least 4 members (excludes halogenated alkanes) is 4. The number of carbonyl (C=O) groups excluding carboxylic acids is 9. The summed E-state index contributed by atoms with van der Waals surface area (Å²) in [6.07, 6.45) is -0.475. The monoisotopic (exact) mass is 1890 g/mol. The number of aliphatic hydroxyl groups excluding tert-OH is 3. The highest BCUT2D eigenvalue weighted by atomic mass is 33.1. The molecule has 712 valence electrons. The lowest BCUT2D eigenvalue weighted by Gasteiger charge is -2.44. The molecule has 0 bridgehead atoms. The number of pyridine rings is 1. The Balaban J connectivity index is 0.0000381. The molecular formula is C86H147N5O26P2S5. The van der Waals surface area contributed by atoms with Gasteiger partial charge in [0.15, 0.2) is 6.29 Å². The number of alkyl carbamates (subject to hydrolysis) is 1. The molecule has 1 aromatic rings. The van der Waals surface area contributed by atoms with E-state index in [1.165, 1.54) is 54.3 Å². The number of rotatable bonds is 67. The maximum atomic E-state index is 15.7. The summed E-state index contributed by atoms with van der Waals surface area (Å²) in [6, 6.07) is 4.42. The van der Waals surface area contributed by atoms with Gasteiger partial charge >= 0.3 is 41.9 Å². The number of aromatic nitrogens is 1. The molecule has 124 heavy (non-hydrogen) atoms. The van der Waals surface area contributed by atoms with Crippen LogP contribution in [0.5, 0.6) is 0 Å². The molecule has 1 saturated heterocycles. The van der Waals surface area contributed by atoms with Crippen molar-refractivity contribution in [1.82, 2.24) is 20.5 Å². The van der Waals surface area contributed by atoms with Crippen molar-refractivity contribution in [3.8, 4) is 0 Å². The van der Waals surface area contributed by atoms with E-state index in [2.05, 4.69) is 38.3 Å². The number of Topliss-reactive ketones (excluding diaryl/α,β-unsaturated/α-hetero) is 2. The van der Waals surface area contributed by atoms with Crippen LogP contribution < -0.4 is 10.6 Å². The summed E-state index contributed by atoms with van der Waals surface area (Å²) in [5.74, 6) is -4.81. The van der Waals surface area contributed by atoms with E-state index in [0.717, 1.165) is 24.6 Å². The number of carboxylic acid groups (broad SMARTS) is 1. The average Bonchev–Trinajstić information content (AvgIpc) is 0.759. The SMILES string of the molecule is PP.[C-]#[N+]C(C)(CCC(=O)CCCOCCOCCC(=O)CCCCCCO[C@@H]1O[C@H](CO)[C@H](O)[C@H](O)[C@H]1NC(C)=O)CC(C)(CC(C)(CC(C)(CC(C)(CCC(C)(CCC(CCC)(SC(=S)SCC)C(=O)O)C(=O)OCCCC)C(=O)OCCN(C)C)C(=O)OCCOC)C(=O)OCCOCCNC(=O)OC(C)(C)C)C(=O)OCCSSc1ccccn1. The van der Waals surface area contributed by atoms with Crippen molar-refractivity contribution in [2.75, 3.05) is 138 Å². The Morgan fingerprint density at radius 1 is 0.605 bits per heavy atom. The summed E-state index contributed by atoms with van der Waals surface area (Å²) in [6.45, 7) is 30.2. The largest absolute Gasteiger partial charge is 0.480 e. The third-order valence-electron chi connectivity index (χ3n) is 20.8. The Kier molecular flexibility index (Phi) is 59.4. The number of carbonyl (C=O) groups is 10. The van der Waals surface area contributed by atoms with Crippen LogP contribution in [-0.4, -0.2) is 278 Å². The number of ether oxygens (including phenoxy) is 12. The summed E-state index contributed by atoms with van der Waals surface area (Å²) in [5.41, 5.74) is -11.1. The lowest BCUT2D eigenvalue weighted by atomic mass is 9.59. The quantitative estimate of drug-likeness (QED) is 0.00671. The fourth-order valence-corrected chi connectivity index (χ4v) is 19.2. The molecular weight excluding hydrogens is 1740 g/mol. The molecule has 9 unspecified atom stereocenters. The lowest BCUT2D eigenvalue weighted by Crippen LogP contribution is -2.64. The summed E-state index contributed by atoms with van der Waals surface area (Å²) in [4.78, 5) is 152. The molecule has 31 nitrogen and oxygen atoms in total. The normalized spacial score (nSPS) is 18.6. The maximum absolute atomic E-state index is 15.7. The van der Waals surface area contributed by atoms with Gasteiger partial charge < -0.3 is 97.6 Å². The number of esters is 5. The van der Waals surface area contributed by atoms with E-state index in [1.807, 2.05) is 37.8 Å². The molecule has 0 aliphatic carbocycles. The zero-order valence-electron chi connectivity index (χ0n) is 76.3. The van der Waals surface area contributed by atoms with Gasteiger partial charge in [0.25, 0.3) is 0 Å². The molecule has 1 aromatic heterocycles. The summed E-state index contributed by atoms with van der Waals surface area (Å²) in [5, 5.41) is 47.2. The maximum Gasteiger partial charge on any atom is 0.407 e. The van der Waals surface area contributed by atoms with Crippen LogP contribution in [-0.2, 0) is 100.0 Å². The summed E-state index contributed by atoms with van der Waals surface area (Å²) in [7, 11) is 12.4. The van der Waals surface area contributed by atoms with Crippen molar-refractivity contribution >= 4 is 138 Å². The zero-order chi connectivity index (χ0) is 93.6. The Morgan fingerprint density at radius 2 is 1.15 bits per heavy atom. The third kappa shape index (κ3) is 46.3. The van der Waals surface area contributed by atoms with Crippen LogP contribution in [0, 0.1) is 33.6 Å². The van der Waals surface area contributed by atoms with E-state index in [0.29, 0.717) is 65.8 Å². The number of likely N-dealkylation sites (N-methyl/N-ethyl adjacent to an activating group) is 1. The van der Waals surface area contributed by atoms with Gasteiger partial charge in [0.1, 0.15) is 81.3 Å². The number of aliphatic carboxylic acids is 1. The average molecular weight is 1890 g/mol. The van der Waals surface area contributed by atoms with E-state index in [-0.39, 0.29) is 174 Å². The van der Waals surface area contributed by atoms with Crippen LogP contribution >= 0.6 is 75.2 Å². The standard InChI is InChI=1S/C86H143N5O26S5.H4P2/c1-18-21-44-111-72(100)80(8,38-39-86(34-19-2,71(98)99)121-78(118)119-20-3)36-37-81(9,73(101)112-48-42-91(15)16)58-82(10,74(102)113-53-49-106-17)59-83(11,75(103)114-54-52-109-47-41-89-77(105)117-79(5,6)7)60-84(12,76(104)115-55-56-120-122-66-31-25-26-40-88-66)61-85(13,87-14)35-32-63(94)30-28-43-107-50-51-108-46-33-64(95)29-24-22-23-27-45-110-70-67(90-62(4)93)69(97)68(96)65(57-92)116-70;1-2/h25-26,31,40,65,67-70,92,96-97H,18-24,27-30,32-39,41-61H2,1-13,15-17H3,(H,89,105)(H,90,93)(H,98,99);1-2H2/t65-,67-,68+,69-,70-,80?,81?,82?,83?,84?,85?,86?;/m1./s1. The van der Waals surface area contributed by atoms with E-state index in [9.17, 15) is 49.2 Å². The van der Waals surface area contributed by atoms with Gasteiger partial charge in [0.2, 0.25) is 11.4 Å². The van der Waals surface area contributed by atoms with Gasteiger partial charge in [-0.3, -0.25) is 43.2 Å². The van der Waals surface area contributed by atoms with Gasteiger partial charge in [-0.25, -0.2) is 16.4 Å². The van der Waals surface area contributed by atoms with Gasteiger partial charge in [-0.15, -0.1) is 29.6 Å². The van der Waals surface area contributed by atoms with Crippen molar-refractivity contribution in [3.05, 3.63) is 35.8 Å². The second kappa shape index (κ2) is 62.7. The van der Waals surface area contributed by atoms with E-state index < -0.39 is 147 Å². The number of hydrogen-bond acceptors (Lipinski definition) is 32. The van der Waals surface area contributed by atoms with Gasteiger partial charge in [0, 0.05) is 97.7 Å². The predicted octanol–water partition coefficient (Wildman–Crippen LogP) is 13.0. The van der Waals surface area contributed by atoms with Crippen LogP contribution in [0.2, 0.25) is 0 Å². The molecule has 2 heterocycles. The van der Waals surface area contributed by atoms with Crippen molar-refractivity contribution < 1.29 is 125 Å². The molecule has 1 aliphatic heterocycles. The highest BCUT2D eigenvalue weighted by Gasteiger charge is 2.58. The van der Waals surface area contributed by atoms with Crippen LogP contribution in [0.1, 0.15) is 231 Å². The van der Waals surface area contributed by atoms with Crippen molar-refractivity contribution in [2.24, 2.45) is 27.1 Å². The number of carboxylic acids is 1. The van der Waals surface area contributed by atoms with Crippen LogP contribution in [0.15, 0.2) is 29.4 Å². The first-order valence-corrected chi connectivity index (χ1v) is 50.0. The smallest absolute Gasteiger partial charge is 0.407 e. The molecule has 0 radical (unpaired) electrons. The Hall–Kier alpha value is -4.51. The fraction of sp³-hybridized carbons (Fsp3) is 0.802. The second-order valence-electron chi connectivity index (χ2n) is 34.0. The van der Waals surface area contributed by atoms with Gasteiger partial charge in [-0.1, -0.05) is 87.3 Å². The number of hydrogen-bond donors (Lipinski definition) is 6. The van der Waals surface area contributed by atoms with Crippen molar-refractivity contribution in [1.29, 1.82) is 0 Å². The second-order valence-corrected chi connectivity index (χ2v) is 40.3. The zero-order valence-corrected chi connectivity index (χ0v) is 82.7.